The number of ether oxygens (including phenoxy) is 2. The Morgan fingerprint density at radius 1 is 1.19 bits per heavy atom. The molecule has 2 aromatic rings. The van der Waals surface area contributed by atoms with Crippen molar-refractivity contribution >= 4 is 30.7 Å². The van der Waals surface area contributed by atoms with E-state index in [-0.39, 0.29) is 36.1 Å². The van der Waals surface area contributed by atoms with E-state index in [9.17, 15) is 4.79 Å². The molecule has 0 fully saturated rings. The van der Waals surface area contributed by atoms with Crippen molar-refractivity contribution in [3.05, 3.63) is 48.2 Å². The average molecular weight is 416 g/mol. The van der Waals surface area contributed by atoms with Crippen LogP contribution in [0.4, 0.5) is 0 Å². The van der Waals surface area contributed by atoms with Gasteiger partial charge in [-0.3, -0.25) is 4.79 Å². The van der Waals surface area contributed by atoms with Crippen LogP contribution >= 0.6 is 24.8 Å². The molecule has 150 valence electrons. The van der Waals surface area contributed by atoms with Crippen LogP contribution in [0.5, 0.6) is 17.4 Å². The minimum Gasteiger partial charge on any atom is -0.497 e. The van der Waals surface area contributed by atoms with Gasteiger partial charge in [0.2, 0.25) is 11.8 Å². The van der Waals surface area contributed by atoms with E-state index in [2.05, 4.69) is 10.3 Å². The van der Waals surface area contributed by atoms with E-state index in [1.165, 1.54) is 0 Å². The zero-order valence-corrected chi connectivity index (χ0v) is 17.5. The number of methoxy groups -OCH3 is 1. The largest absolute Gasteiger partial charge is 0.497 e. The summed E-state index contributed by atoms with van der Waals surface area (Å²) < 4.78 is 10.8. The van der Waals surface area contributed by atoms with Gasteiger partial charge in [0, 0.05) is 24.9 Å². The summed E-state index contributed by atoms with van der Waals surface area (Å²) in [6.07, 6.45) is 1.67. The van der Waals surface area contributed by atoms with Crippen molar-refractivity contribution in [3.8, 4) is 17.4 Å². The molecule has 0 spiro atoms. The Labute approximate surface area is 172 Å². The fourth-order valence-electron chi connectivity index (χ4n) is 2.05. The number of benzene rings is 1. The smallest absolute Gasteiger partial charge is 0.237 e. The third-order valence-electron chi connectivity index (χ3n) is 3.74. The fraction of sp³-hybridized carbons (Fsp3) is 0.368. The Hall–Kier alpha value is -2.02. The van der Waals surface area contributed by atoms with Crippen molar-refractivity contribution in [3.63, 3.8) is 0 Å². The van der Waals surface area contributed by atoms with Crippen LogP contribution in [0.1, 0.15) is 26.3 Å². The topological polar surface area (TPSA) is 86.5 Å². The van der Waals surface area contributed by atoms with Gasteiger partial charge in [-0.1, -0.05) is 32.9 Å². The molecule has 2 rings (SSSR count). The number of hydrogen-bond donors (Lipinski definition) is 2. The molecule has 1 atom stereocenters. The fourth-order valence-corrected chi connectivity index (χ4v) is 2.05. The van der Waals surface area contributed by atoms with Crippen molar-refractivity contribution in [2.75, 3.05) is 7.11 Å². The molecule has 0 aliphatic heterocycles. The molecule has 0 radical (unpaired) electrons. The molecule has 6 nitrogen and oxygen atoms in total. The normalized spacial score (nSPS) is 11.4. The quantitative estimate of drug-likeness (QED) is 0.750. The third kappa shape index (κ3) is 7.62. The Bertz CT molecular complexity index is 719. The molecule has 8 heteroatoms. The van der Waals surface area contributed by atoms with E-state index in [4.69, 9.17) is 15.2 Å². The van der Waals surface area contributed by atoms with Crippen molar-refractivity contribution in [1.82, 2.24) is 10.3 Å². The van der Waals surface area contributed by atoms with E-state index in [1.54, 1.807) is 25.4 Å². The maximum atomic E-state index is 12.0. The lowest BCUT2D eigenvalue weighted by molar-refractivity contribution is -0.124. The zero-order valence-electron chi connectivity index (χ0n) is 15.9. The molecular weight excluding hydrogens is 389 g/mol. The highest BCUT2D eigenvalue weighted by molar-refractivity contribution is 5.85. The minimum absolute atomic E-state index is 0. The predicted molar refractivity (Wildman–Crippen MR) is 111 cm³/mol. The first kappa shape index (κ1) is 25.0. The summed E-state index contributed by atoms with van der Waals surface area (Å²) in [6.45, 7) is 6.17. The molecule has 0 saturated carbocycles. The van der Waals surface area contributed by atoms with Crippen LogP contribution in [-0.4, -0.2) is 24.0 Å². The molecule has 1 aromatic carbocycles. The van der Waals surface area contributed by atoms with Crippen molar-refractivity contribution in [2.24, 2.45) is 11.1 Å². The van der Waals surface area contributed by atoms with Crippen LogP contribution in [0.3, 0.4) is 0 Å². The van der Waals surface area contributed by atoms with Gasteiger partial charge in [0.05, 0.1) is 13.2 Å². The van der Waals surface area contributed by atoms with Crippen LogP contribution in [0, 0.1) is 5.41 Å². The van der Waals surface area contributed by atoms with Crippen LogP contribution in [0.15, 0.2) is 42.6 Å². The summed E-state index contributed by atoms with van der Waals surface area (Å²) in [6, 6.07) is 10.3. The monoisotopic (exact) mass is 415 g/mol. The van der Waals surface area contributed by atoms with Gasteiger partial charge in [-0.2, -0.15) is 0 Å². The van der Waals surface area contributed by atoms with Crippen molar-refractivity contribution in [1.29, 1.82) is 0 Å². The second kappa shape index (κ2) is 11.0. The summed E-state index contributed by atoms with van der Waals surface area (Å²) in [7, 11) is 1.60. The molecule has 0 aliphatic rings. The number of carbonyl (C=O) groups is 1. The van der Waals surface area contributed by atoms with Crippen LogP contribution in [0.2, 0.25) is 0 Å². The molecular formula is C19H27Cl2N3O3. The number of pyridine rings is 1. The molecule has 0 bridgehead atoms. The number of rotatable bonds is 6. The molecule has 1 amide bonds. The second-order valence-electron chi connectivity index (χ2n) is 6.85. The number of nitrogens with one attached hydrogen (secondary N) is 1. The number of halogens is 2. The molecule has 0 unspecified atom stereocenters. The van der Waals surface area contributed by atoms with Gasteiger partial charge in [0.1, 0.15) is 11.5 Å². The SMILES string of the molecule is COc1cccc(Oc2ccc(CNC(=O)[C@@H](N)C(C)(C)C)cn2)c1.Cl.Cl. The minimum atomic E-state index is -0.559. The number of hydrogen-bond acceptors (Lipinski definition) is 5. The van der Waals surface area contributed by atoms with E-state index in [0.29, 0.717) is 23.9 Å². The second-order valence-corrected chi connectivity index (χ2v) is 6.85. The Morgan fingerprint density at radius 2 is 1.85 bits per heavy atom. The Kier molecular flexibility index (Phi) is 10.1. The summed E-state index contributed by atoms with van der Waals surface area (Å²) >= 11 is 0. The zero-order chi connectivity index (χ0) is 18.4. The molecule has 3 N–H and O–H groups in total. The first-order valence-electron chi connectivity index (χ1n) is 8.10. The summed E-state index contributed by atoms with van der Waals surface area (Å²) in [5.74, 6) is 1.65. The van der Waals surface area contributed by atoms with Gasteiger partial charge in [0.25, 0.3) is 0 Å². The van der Waals surface area contributed by atoms with Gasteiger partial charge in [0.15, 0.2) is 0 Å². The lowest BCUT2D eigenvalue weighted by Crippen LogP contribution is -2.48. The van der Waals surface area contributed by atoms with Gasteiger partial charge in [-0.25, -0.2) is 4.98 Å². The summed E-state index contributed by atoms with van der Waals surface area (Å²) in [4.78, 5) is 16.3. The van der Waals surface area contributed by atoms with Crippen LogP contribution in [0.25, 0.3) is 0 Å². The number of carbonyl (C=O) groups excluding carboxylic acids is 1. The summed E-state index contributed by atoms with van der Waals surface area (Å²) in [5, 5.41) is 2.83. The standard InChI is InChI=1S/C19H25N3O3.2ClH/c1-19(2,3)17(20)18(23)22-12-13-8-9-16(21-11-13)25-15-7-5-6-14(10-15)24-4;;/h5-11,17H,12,20H2,1-4H3,(H,22,23);2*1H/t17-;;/m1../s1. The third-order valence-corrected chi connectivity index (χ3v) is 3.74. The molecule has 1 heterocycles. The Balaban J connectivity index is 0.00000338. The number of nitrogens with two attached hydrogens (primary N) is 1. The molecule has 1 aromatic heterocycles. The summed E-state index contributed by atoms with van der Waals surface area (Å²) in [5.41, 5.74) is 6.52. The van der Waals surface area contributed by atoms with Gasteiger partial charge in [-0.05, 0) is 23.1 Å². The van der Waals surface area contributed by atoms with Crippen LogP contribution < -0.4 is 20.5 Å². The van der Waals surface area contributed by atoms with E-state index < -0.39 is 6.04 Å². The highest BCUT2D eigenvalue weighted by atomic mass is 35.5. The highest BCUT2D eigenvalue weighted by Gasteiger charge is 2.27. The van der Waals surface area contributed by atoms with E-state index in [0.717, 1.165) is 5.56 Å². The van der Waals surface area contributed by atoms with Gasteiger partial charge in [-0.15, -0.1) is 24.8 Å². The molecule has 0 saturated heterocycles. The van der Waals surface area contributed by atoms with Crippen molar-refractivity contribution < 1.29 is 14.3 Å². The van der Waals surface area contributed by atoms with Crippen LogP contribution in [-0.2, 0) is 11.3 Å². The highest BCUT2D eigenvalue weighted by Crippen LogP contribution is 2.23. The maximum Gasteiger partial charge on any atom is 0.237 e. The average Bonchev–Trinajstić information content (AvgIpc) is 2.59. The van der Waals surface area contributed by atoms with Crippen molar-refractivity contribution in [2.45, 2.75) is 33.4 Å². The number of aromatic nitrogens is 1. The maximum absolute atomic E-state index is 12.0. The van der Waals surface area contributed by atoms with Gasteiger partial charge < -0.3 is 20.5 Å². The first-order chi connectivity index (χ1) is 11.8. The first-order valence-corrected chi connectivity index (χ1v) is 8.10. The predicted octanol–water partition coefficient (Wildman–Crippen LogP) is 3.72. The Morgan fingerprint density at radius 3 is 2.41 bits per heavy atom. The lowest BCUT2D eigenvalue weighted by Gasteiger charge is -2.25. The number of amides is 1. The molecule has 27 heavy (non-hydrogen) atoms. The van der Waals surface area contributed by atoms with E-state index in [1.807, 2.05) is 45.0 Å². The number of nitrogens with zero attached hydrogens (tertiary/aromatic N) is 1. The lowest BCUT2D eigenvalue weighted by atomic mass is 9.87. The van der Waals surface area contributed by atoms with Gasteiger partial charge >= 0.3 is 0 Å². The molecule has 0 aliphatic carbocycles. The van der Waals surface area contributed by atoms with E-state index >= 15 is 0 Å².